The average Bonchev–Trinajstić information content (AvgIpc) is 2.84. The number of anilines is 3. The molecule has 1 saturated heterocycles. The highest BCUT2D eigenvalue weighted by Gasteiger charge is 2.37. The van der Waals surface area contributed by atoms with Gasteiger partial charge in [0.25, 0.3) is 5.91 Å². The highest BCUT2D eigenvalue weighted by molar-refractivity contribution is 6.37. The molecule has 37 heavy (non-hydrogen) atoms. The van der Waals surface area contributed by atoms with Gasteiger partial charge >= 0.3 is 0 Å². The minimum absolute atomic E-state index is 0.0519. The Morgan fingerprint density at radius 3 is 2.32 bits per heavy atom. The second kappa shape index (κ2) is 11.4. The molecule has 0 spiro atoms. The summed E-state index contributed by atoms with van der Waals surface area (Å²) in [5.41, 5.74) is 15.2. The first-order valence-electron chi connectivity index (χ1n) is 12.3. The number of hydrogen-bond donors (Lipinski definition) is 3. The fraction of sp³-hybridized carbons (Fsp3) is 0.481. The molecule has 3 rings (SSSR count). The molecule has 0 unspecified atom stereocenters. The van der Waals surface area contributed by atoms with Crippen LogP contribution in [0.25, 0.3) is 0 Å². The predicted octanol–water partition coefficient (Wildman–Crippen LogP) is 4.80. The molecule has 1 heterocycles. The van der Waals surface area contributed by atoms with Crippen LogP contribution in [-0.2, 0) is 9.59 Å². The Morgan fingerprint density at radius 1 is 1.08 bits per heavy atom. The molecule has 2 amide bonds. The monoisotopic (exact) mass is 549 g/mol. The number of nitrogens with two attached hydrogens (primary N) is 2. The average molecular weight is 551 g/mol. The van der Waals surface area contributed by atoms with Gasteiger partial charge in [0.1, 0.15) is 5.75 Å². The lowest BCUT2D eigenvalue weighted by molar-refractivity contribution is -0.147. The zero-order valence-electron chi connectivity index (χ0n) is 22.4. The minimum Gasteiger partial charge on any atom is -0.478 e. The lowest BCUT2D eigenvalue weighted by Gasteiger charge is -2.39. The highest BCUT2D eigenvalue weighted by Crippen LogP contribution is 2.33. The number of piperidine rings is 1. The van der Waals surface area contributed by atoms with Crippen LogP contribution in [0.4, 0.5) is 17.1 Å². The Labute approximate surface area is 229 Å². The maximum absolute atomic E-state index is 13.4. The van der Waals surface area contributed by atoms with E-state index in [1.54, 1.807) is 24.8 Å². The van der Waals surface area contributed by atoms with Gasteiger partial charge in [-0.1, -0.05) is 23.2 Å². The second-order valence-corrected chi connectivity index (χ2v) is 11.1. The van der Waals surface area contributed by atoms with Crippen LogP contribution in [-0.4, -0.2) is 59.9 Å². The van der Waals surface area contributed by atoms with Crippen molar-refractivity contribution in [1.29, 1.82) is 0 Å². The first kappa shape index (κ1) is 28.9. The van der Waals surface area contributed by atoms with Crippen LogP contribution in [0.3, 0.4) is 0 Å². The molecule has 0 aromatic heterocycles. The summed E-state index contributed by atoms with van der Waals surface area (Å²) in [6.45, 7) is 11.0. The SMILES string of the molecule is Cc1cc(OC(C)(C)C(=O)N(C)C2CCN(CC(=O)Nc3cc(Cl)c(N)cc3Cl)CC2)c(C)c(C)c1N. The van der Waals surface area contributed by atoms with Crippen LogP contribution in [0, 0.1) is 20.8 Å². The zero-order valence-corrected chi connectivity index (χ0v) is 23.9. The summed E-state index contributed by atoms with van der Waals surface area (Å²) in [5.74, 6) is 0.383. The molecular weight excluding hydrogens is 513 g/mol. The fourth-order valence-corrected chi connectivity index (χ4v) is 4.98. The third-order valence-electron chi connectivity index (χ3n) is 7.14. The molecule has 1 aliphatic heterocycles. The Bertz CT molecular complexity index is 1190. The van der Waals surface area contributed by atoms with Crippen molar-refractivity contribution in [2.45, 2.75) is 59.1 Å². The van der Waals surface area contributed by atoms with E-state index in [2.05, 4.69) is 10.2 Å². The van der Waals surface area contributed by atoms with Crippen LogP contribution >= 0.6 is 23.2 Å². The highest BCUT2D eigenvalue weighted by atomic mass is 35.5. The van der Waals surface area contributed by atoms with Crippen LogP contribution in [0.2, 0.25) is 10.0 Å². The number of nitrogens with zero attached hydrogens (tertiary/aromatic N) is 2. The fourth-order valence-electron chi connectivity index (χ4n) is 4.60. The summed E-state index contributed by atoms with van der Waals surface area (Å²) in [6.07, 6.45) is 1.50. The van der Waals surface area contributed by atoms with Gasteiger partial charge in [-0.15, -0.1) is 0 Å². The van der Waals surface area contributed by atoms with E-state index in [0.717, 1.165) is 35.2 Å². The molecule has 0 radical (unpaired) electrons. The first-order valence-corrected chi connectivity index (χ1v) is 13.1. The quantitative estimate of drug-likeness (QED) is 0.427. The number of ether oxygens (including phenoxy) is 1. The van der Waals surface area contributed by atoms with Gasteiger partial charge in [0.15, 0.2) is 5.60 Å². The molecule has 1 fully saturated rings. The Balaban J connectivity index is 1.56. The number of aryl methyl sites for hydroxylation is 1. The minimum atomic E-state index is -1.05. The van der Waals surface area contributed by atoms with Gasteiger partial charge in [-0.2, -0.15) is 0 Å². The van der Waals surface area contributed by atoms with Gasteiger partial charge in [-0.3, -0.25) is 14.5 Å². The number of carbonyl (C=O) groups excluding carboxylic acids is 2. The van der Waals surface area contributed by atoms with Crippen molar-refractivity contribution in [2.24, 2.45) is 0 Å². The Hall–Kier alpha value is -2.68. The third-order valence-corrected chi connectivity index (χ3v) is 7.78. The lowest BCUT2D eigenvalue weighted by atomic mass is 9.99. The molecular formula is C27H37Cl2N5O3. The van der Waals surface area contributed by atoms with E-state index in [-0.39, 0.29) is 24.4 Å². The molecule has 0 saturated carbocycles. The number of nitrogen functional groups attached to an aromatic ring is 2. The molecule has 202 valence electrons. The largest absolute Gasteiger partial charge is 0.478 e. The number of nitrogens with one attached hydrogen (secondary N) is 1. The summed E-state index contributed by atoms with van der Waals surface area (Å²) in [4.78, 5) is 29.8. The number of likely N-dealkylation sites (tertiary alicyclic amines) is 1. The normalized spacial score (nSPS) is 14.9. The smallest absolute Gasteiger partial charge is 0.266 e. The van der Waals surface area contributed by atoms with Gasteiger partial charge in [-0.25, -0.2) is 0 Å². The van der Waals surface area contributed by atoms with Gasteiger partial charge in [-0.05, 0) is 82.3 Å². The molecule has 5 N–H and O–H groups in total. The predicted molar refractivity (Wildman–Crippen MR) is 152 cm³/mol. The number of carbonyl (C=O) groups is 2. The van der Waals surface area contributed by atoms with Gasteiger partial charge < -0.3 is 26.4 Å². The van der Waals surface area contributed by atoms with Crippen LogP contribution < -0.4 is 21.5 Å². The van der Waals surface area contributed by atoms with E-state index < -0.39 is 5.60 Å². The van der Waals surface area contributed by atoms with E-state index in [0.29, 0.717) is 40.3 Å². The van der Waals surface area contributed by atoms with Crippen LogP contribution in [0.1, 0.15) is 43.4 Å². The maximum Gasteiger partial charge on any atom is 0.266 e. The molecule has 1 aliphatic rings. The Morgan fingerprint density at radius 2 is 1.70 bits per heavy atom. The van der Waals surface area contributed by atoms with Crippen molar-refractivity contribution in [3.05, 3.63) is 44.9 Å². The van der Waals surface area contributed by atoms with E-state index in [4.69, 9.17) is 39.4 Å². The third kappa shape index (κ3) is 6.61. The summed E-state index contributed by atoms with van der Waals surface area (Å²) < 4.78 is 6.24. The lowest BCUT2D eigenvalue weighted by Crippen LogP contribution is -2.54. The van der Waals surface area contributed by atoms with Crippen molar-refractivity contribution < 1.29 is 14.3 Å². The number of amides is 2. The number of halogens is 2. The summed E-state index contributed by atoms with van der Waals surface area (Å²) >= 11 is 12.2. The molecule has 0 atom stereocenters. The number of rotatable bonds is 7. The van der Waals surface area contributed by atoms with Crippen molar-refractivity contribution in [3.8, 4) is 5.75 Å². The summed E-state index contributed by atoms with van der Waals surface area (Å²) in [5, 5.41) is 3.46. The van der Waals surface area contributed by atoms with Crippen molar-refractivity contribution in [3.63, 3.8) is 0 Å². The van der Waals surface area contributed by atoms with Crippen LogP contribution in [0.15, 0.2) is 18.2 Å². The molecule has 2 aromatic carbocycles. The maximum atomic E-state index is 13.4. The molecule has 10 heteroatoms. The van der Waals surface area contributed by atoms with E-state index >= 15 is 0 Å². The second-order valence-electron chi connectivity index (χ2n) is 10.3. The number of likely N-dealkylation sites (N-methyl/N-ethyl adjacent to an activating group) is 1. The molecule has 8 nitrogen and oxygen atoms in total. The topological polar surface area (TPSA) is 114 Å². The van der Waals surface area contributed by atoms with Crippen molar-refractivity contribution in [1.82, 2.24) is 9.80 Å². The molecule has 0 aliphatic carbocycles. The van der Waals surface area contributed by atoms with Crippen molar-refractivity contribution in [2.75, 3.05) is 43.5 Å². The summed E-state index contributed by atoms with van der Waals surface area (Å²) in [6, 6.07) is 5.00. The molecule has 0 bridgehead atoms. The van der Waals surface area contributed by atoms with Gasteiger partial charge in [0.05, 0.1) is 28.0 Å². The summed E-state index contributed by atoms with van der Waals surface area (Å²) in [7, 11) is 1.82. The van der Waals surface area contributed by atoms with E-state index in [1.165, 1.54) is 6.07 Å². The molecule has 2 aromatic rings. The standard InChI is InChI=1S/C27H37Cl2N5O3/c1-15-11-23(16(2)17(3)25(15)31)37-27(4,5)26(36)33(6)18-7-9-34(10-8-18)14-24(35)32-22-13-19(28)21(30)12-20(22)29/h11-13,18H,7-10,14,30-31H2,1-6H3,(H,32,35). The van der Waals surface area contributed by atoms with Crippen molar-refractivity contribution >= 4 is 52.1 Å². The first-order chi connectivity index (χ1) is 17.2. The Kier molecular flexibility index (Phi) is 8.88. The number of hydrogen-bond acceptors (Lipinski definition) is 6. The van der Waals surface area contributed by atoms with E-state index in [9.17, 15) is 9.59 Å². The zero-order chi connectivity index (χ0) is 27.7. The van der Waals surface area contributed by atoms with Gasteiger partial charge in [0, 0.05) is 31.9 Å². The number of benzene rings is 2. The van der Waals surface area contributed by atoms with Crippen LogP contribution in [0.5, 0.6) is 5.75 Å². The van der Waals surface area contributed by atoms with E-state index in [1.807, 2.05) is 33.9 Å². The van der Waals surface area contributed by atoms with Gasteiger partial charge in [0.2, 0.25) is 5.91 Å².